The van der Waals surface area contributed by atoms with Crippen molar-refractivity contribution in [3.63, 3.8) is 0 Å². The molecule has 2 aliphatic rings. The third-order valence-corrected chi connectivity index (χ3v) is 9.04. The highest BCUT2D eigenvalue weighted by atomic mass is 127. The summed E-state index contributed by atoms with van der Waals surface area (Å²) in [6, 6.07) is 1.53. The van der Waals surface area contributed by atoms with Gasteiger partial charge in [0.1, 0.15) is 14.2 Å². The summed E-state index contributed by atoms with van der Waals surface area (Å²) >= 11 is 2.11. The highest BCUT2D eigenvalue weighted by Gasteiger charge is 2.53. The highest BCUT2D eigenvalue weighted by molar-refractivity contribution is 14.1. The van der Waals surface area contributed by atoms with Gasteiger partial charge in [0.15, 0.2) is 5.65 Å². The topological polar surface area (TPSA) is 108 Å². The number of halogens is 1. The Hall–Kier alpha value is -2.29. The van der Waals surface area contributed by atoms with Crippen molar-refractivity contribution in [2.75, 3.05) is 45.2 Å². The number of imidazole rings is 1. The van der Waals surface area contributed by atoms with Crippen LogP contribution in [0.5, 0.6) is 0 Å². The molecule has 198 valence electrons. The Balaban J connectivity index is 1.74. The molecule has 2 aromatic rings. The number of sulfonamides is 1. The van der Waals surface area contributed by atoms with E-state index in [0.717, 1.165) is 8.01 Å². The lowest BCUT2D eigenvalue weighted by Crippen LogP contribution is -2.51. The second-order valence-corrected chi connectivity index (χ2v) is 13.6. The molecule has 36 heavy (non-hydrogen) atoms. The SMILES string of the molecule is CN(C)C(=O)N1CCN(c2cc(S(=O)(=O)N(C(=O)OC(C)(C)C)C3(C)CC3)cn3c(I)cnc23)CC1. The summed E-state index contributed by atoms with van der Waals surface area (Å²) in [5.74, 6) is 0. The van der Waals surface area contributed by atoms with Crippen LogP contribution in [0, 0.1) is 3.70 Å². The predicted octanol–water partition coefficient (Wildman–Crippen LogP) is 3.22. The van der Waals surface area contributed by atoms with Crippen molar-refractivity contribution in [3.8, 4) is 0 Å². The van der Waals surface area contributed by atoms with Crippen molar-refractivity contribution >= 4 is 56.1 Å². The summed E-state index contributed by atoms with van der Waals surface area (Å²) in [5, 5.41) is 0. The summed E-state index contributed by atoms with van der Waals surface area (Å²) in [6.45, 7) is 8.94. The van der Waals surface area contributed by atoms with Gasteiger partial charge < -0.3 is 19.4 Å². The van der Waals surface area contributed by atoms with Gasteiger partial charge in [-0.15, -0.1) is 0 Å². The molecule has 1 saturated heterocycles. The number of rotatable bonds is 4. The predicted molar refractivity (Wildman–Crippen MR) is 144 cm³/mol. The Bertz CT molecular complexity index is 1290. The number of hydrogen-bond donors (Lipinski definition) is 0. The van der Waals surface area contributed by atoms with Crippen LogP contribution in [0.3, 0.4) is 0 Å². The van der Waals surface area contributed by atoms with Crippen LogP contribution in [0.2, 0.25) is 0 Å². The summed E-state index contributed by atoms with van der Waals surface area (Å²) in [4.78, 5) is 35.4. The van der Waals surface area contributed by atoms with Crippen molar-refractivity contribution in [2.45, 2.75) is 56.6 Å². The van der Waals surface area contributed by atoms with E-state index in [2.05, 4.69) is 27.6 Å². The van der Waals surface area contributed by atoms with Crippen LogP contribution in [0.25, 0.3) is 5.65 Å². The number of nitrogens with zero attached hydrogens (tertiary/aromatic N) is 6. The zero-order valence-corrected chi connectivity index (χ0v) is 24.5. The zero-order valence-electron chi connectivity index (χ0n) is 21.5. The Morgan fingerprint density at radius 2 is 1.75 bits per heavy atom. The zero-order chi connectivity index (χ0) is 26.6. The van der Waals surface area contributed by atoms with E-state index in [9.17, 15) is 18.0 Å². The average Bonchev–Trinajstić information content (AvgIpc) is 3.40. The molecule has 0 unspecified atom stereocenters. The molecule has 1 aliphatic carbocycles. The lowest BCUT2D eigenvalue weighted by molar-refractivity contribution is 0.0331. The minimum absolute atomic E-state index is 0.00769. The van der Waals surface area contributed by atoms with Gasteiger partial charge >= 0.3 is 12.1 Å². The van der Waals surface area contributed by atoms with Crippen molar-refractivity contribution in [2.24, 2.45) is 0 Å². The van der Waals surface area contributed by atoms with E-state index in [1.54, 1.807) is 68.3 Å². The maximum absolute atomic E-state index is 14.0. The van der Waals surface area contributed by atoms with E-state index in [1.165, 1.54) is 6.20 Å². The third kappa shape index (κ3) is 5.08. The molecule has 0 bridgehead atoms. The smallest absolute Gasteiger partial charge is 0.424 e. The van der Waals surface area contributed by atoms with E-state index in [0.29, 0.717) is 50.4 Å². The average molecular weight is 633 g/mol. The quantitative estimate of drug-likeness (QED) is 0.477. The maximum atomic E-state index is 14.0. The molecule has 1 aliphatic heterocycles. The molecular formula is C23H33IN6O5S. The van der Waals surface area contributed by atoms with Crippen LogP contribution in [0.1, 0.15) is 40.5 Å². The van der Waals surface area contributed by atoms with Gasteiger partial charge in [-0.25, -0.2) is 23.0 Å². The first-order valence-electron chi connectivity index (χ1n) is 11.8. The molecule has 3 amide bonds. The number of urea groups is 1. The van der Waals surface area contributed by atoms with Gasteiger partial charge in [-0.1, -0.05) is 0 Å². The number of pyridine rings is 1. The molecule has 0 aromatic carbocycles. The van der Waals surface area contributed by atoms with Crippen LogP contribution in [0.15, 0.2) is 23.4 Å². The maximum Gasteiger partial charge on any atom is 0.424 e. The van der Waals surface area contributed by atoms with Gasteiger partial charge in [-0.05, 0) is 69.2 Å². The molecule has 11 nitrogen and oxygen atoms in total. The van der Waals surface area contributed by atoms with Crippen molar-refractivity contribution in [3.05, 3.63) is 22.2 Å². The number of amides is 3. The Morgan fingerprint density at radius 1 is 1.14 bits per heavy atom. The Kier molecular flexibility index (Phi) is 6.86. The molecular weight excluding hydrogens is 599 g/mol. The van der Waals surface area contributed by atoms with Crippen LogP contribution in [0.4, 0.5) is 15.3 Å². The number of anilines is 1. The molecule has 0 spiro atoms. The van der Waals surface area contributed by atoms with Gasteiger partial charge in [0.25, 0.3) is 10.0 Å². The van der Waals surface area contributed by atoms with Crippen LogP contribution in [-0.2, 0) is 14.8 Å². The summed E-state index contributed by atoms with van der Waals surface area (Å²) in [6.07, 6.45) is 3.46. The number of aromatic nitrogens is 2. The van der Waals surface area contributed by atoms with Gasteiger partial charge in [0.05, 0.1) is 17.4 Å². The summed E-state index contributed by atoms with van der Waals surface area (Å²) < 4.78 is 36.9. The van der Waals surface area contributed by atoms with E-state index < -0.39 is 27.3 Å². The largest absolute Gasteiger partial charge is 0.443 e. The van der Waals surface area contributed by atoms with Crippen molar-refractivity contribution < 1.29 is 22.7 Å². The van der Waals surface area contributed by atoms with Crippen molar-refractivity contribution in [1.29, 1.82) is 0 Å². The Morgan fingerprint density at radius 3 is 2.28 bits per heavy atom. The molecule has 4 rings (SSSR count). The van der Waals surface area contributed by atoms with E-state index in [1.807, 2.05) is 4.90 Å². The van der Waals surface area contributed by atoms with Crippen molar-refractivity contribution in [1.82, 2.24) is 23.5 Å². The number of carbonyl (C=O) groups excluding carboxylic acids is 2. The number of ether oxygens (including phenoxy) is 1. The van der Waals surface area contributed by atoms with E-state index in [-0.39, 0.29) is 10.9 Å². The molecule has 0 atom stereocenters. The number of piperazine rings is 1. The summed E-state index contributed by atoms with van der Waals surface area (Å²) in [5.41, 5.74) is -0.404. The Labute approximate surface area is 225 Å². The van der Waals surface area contributed by atoms with Crippen LogP contribution >= 0.6 is 22.6 Å². The van der Waals surface area contributed by atoms with Crippen LogP contribution in [-0.4, -0.2) is 95.4 Å². The minimum Gasteiger partial charge on any atom is -0.443 e. The molecule has 0 N–H and O–H groups in total. The fourth-order valence-corrected chi connectivity index (χ4v) is 6.43. The molecule has 13 heteroatoms. The van der Waals surface area contributed by atoms with Gasteiger partial charge in [0.2, 0.25) is 0 Å². The van der Waals surface area contributed by atoms with Gasteiger partial charge in [-0.3, -0.25) is 4.40 Å². The number of hydrogen-bond acceptors (Lipinski definition) is 7. The third-order valence-electron chi connectivity index (χ3n) is 6.35. The number of fused-ring (bicyclic) bond motifs is 1. The van der Waals surface area contributed by atoms with E-state index >= 15 is 0 Å². The lowest BCUT2D eigenvalue weighted by Gasteiger charge is -2.37. The molecule has 3 heterocycles. The molecule has 2 fully saturated rings. The first-order valence-corrected chi connectivity index (χ1v) is 14.3. The second kappa shape index (κ2) is 9.23. The first kappa shape index (κ1) is 26.8. The normalized spacial score (nSPS) is 17.8. The minimum atomic E-state index is -4.24. The molecule has 2 aromatic heterocycles. The molecule has 1 saturated carbocycles. The second-order valence-electron chi connectivity index (χ2n) is 10.7. The fourth-order valence-electron chi connectivity index (χ4n) is 4.21. The standard InChI is InChI=1S/C23H33IN6O5S/c1-22(2,3)35-21(32)30(23(4)7-8-23)36(33,34)16-13-17(19-25-14-18(24)29(19)15-16)27-9-11-28(12-10-27)20(31)26(5)6/h13-15H,7-12H2,1-6H3. The number of carbonyl (C=O) groups is 2. The lowest BCUT2D eigenvalue weighted by atomic mass is 10.2. The van der Waals surface area contributed by atoms with Gasteiger partial charge in [-0.2, -0.15) is 4.31 Å². The van der Waals surface area contributed by atoms with E-state index in [4.69, 9.17) is 4.74 Å². The van der Waals surface area contributed by atoms with Crippen LogP contribution < -0.4 is 4.90 Å². The van der Waals surface area contributed by atoms with Gasteiger partial charge in [0, 0.05) is 46.5 Å². The first-order chi connectivity index (χ1) is 16.6. The fraction of sp³-hybridized carbons (Fsp3) is 0.609. The highest BCUT2D eigenvalue weighted by Crippen LogP contribution is 2.45. The summed E-state index contributed by atoms with van der Waals surface area (Å²) in [7, 11) is -0.805. The molecule has 0 radical (unpaired) electrons. The monoisotopic (exact) mass is 632 g/mol.